The molecule has 0 aliphatic carbocycles. The fraction of sp³-hybridized carbons (Fsp3) is 0.750. The zero-order valence-corrected chi connectivity index (χ0v) is 57.1. The Morgan fingerprint density at radius 3 is 1.01 bits per heavy atom. The molecule has 0 spiro atoms. The third kappa shape index (κ3) is 23.1. The quantitative estimate of drug-likeness (QED) is 0.118. The first-order valence-corrected chi connectivity index (χ1v) is 46.6. The Morgan fingerprint density at radius 1 is 0.389 bits per heavy atom. The van der Waals surface area contributed by atoms with E-state index in [1.54, 1.807) is 0 Å². The molecule has 6 aromatic rings. The Hall–Kier alpha value is -3.86. The van der Waals surface area contributed by atoms with Gasteiger partial charge in [-0.15, -0.1) is 15.3 Å². The predicted octanol–water partition coefficient (Wildman–Crippen LogP) is 11.7. The summed E-state index contributed by atoms with van der Waals surface area (Å²) < 4.78 is 11.8. The maximum Gasteiger partial charge on any atom is 0.202 e. The van der Waals surface area contributed by atoms with E-state index < -0.39 is 49.4 Å². The van der Waals surface area contributed by atoms with Crippen LogP contribution in [-0.4, -0.2) is 137 Å². The topological polar surface area (TPSA) is 184 Å². The van der Waals surface area contributed by atoms with Crippen molar-refractivity contribution in [3.05, 3.63) is 71.3 Å². The van der Waals surface area contributed by atoms with Crippen molar-refractivity contribution < 1.29 is 0 Å². The van der Waals surface area contributed by atoms with Gasteiger partial charge in [-0.1, -0.05) is 98.7 Å². The van der Waals surface area contributed by atoms with Gasteiger partial charge in [-0.05, 0) is 143 Å². The molecule has 0 N–H and O–H groups in total. The summed E-state index contributed by atoms with van der Waals surface area (Å²) in [7, 11) is -8.04. The third-order valence-electron chi connectivity index (χ3n) is 10.4. The van der Waals surface area contributed by atoms with E-state index in [-0.39, 0.29) is 10.8 Å². The molecule has 0 amide bonds. The largest absolute Gasteiger partial charge is 0.282 e. The fourth-order valence-electron chi connectivity index (χ4n) is 5.16. The summed E-state index contributed by atoms with van der Waals surface area (Å²) in [6.45, 7) is 66.1. The molecule has 24 heteroatoms. The molecular formula is C48H102N18Si6. The molecule has 0 radical (unpaired) electrons. The van der Waals surface area contributed by atoms with Crippen LogP contribution in [0.4, 0.5) is 0 Å². The normalized spacial score (nSPS) is 12.7. The van der Waals surface area contributed by atoms with E-state index in [4.69, 9.17) is 0 Å². The van der Waals surface area contributed by atoms with E-state index in [9.17, 15) is 0 Å². The van der Waals surface area contributed by atoms with Crippen LogP contribution in [-0.2, 0) is 23.7 Å². The van der Waals surface area contributed by atoms with Gasteiger partial charge in [-0.3, -0.25) is 13.0 Å². The Kier molecular flexibility index (Phi) is 24.0. The van der Waals surface area contributed by atoms with Gasteiger partial charge in [-0.2, -0.15) is 30.6 Å². The molecular weight excluding hydrogens is 997 g/mol. The Bertz CT molecular complexity index is 2230. The molecule has 0 saturated heterocycles. The highest BCUT2D eigenvalue weighted by atomic mass is 28.3. The van der Waals surface area contributed by atoms with Crippen LogP contribution in [0.2, 0.25) is 118 Å². The van der Waals surface area contributed by atoms with E-state index in [0.29, 0.717) is 11.8 Å². The highest BCUT2D eigenvalue weighted by Gasteiger charge is 2.26. The van der Waals surface area contributed by atoms with Crippen LogP contribution in [0, 0.1) is 0 Å². The predicted molar refractivity (Wildman–Crippen MR) is 317 cm³/mol. The number of nitrogens with zero attached hydrogens (tertiary/aromatic N) is 18. The lowest BCUT2D eigenvalue weighted by atomic mass is 9.93. The average Bonchev–Trinajstić information content (AvgIpc) is 4.05. The molecule has 0 atom stereocenters. The summed E-state index contributed by atoms with van der Waals surface area (Å²) >= 11 is 0. The maximum absolute atomic E-state index is 4.52. The van der Waals surface area contributed by atoms with E-state index in [2.05, 4.69) is 281 Å². The second kappa shape index (κ2) is 26.1. The lowest BCUT2D eigenvalue weighted by molar-refractivity contribution is 0.561. The van der Waals surface area contributed by atoms with Crippen molar-refractivity contribution in [2.75, 3.05) is 0 Å². The van der Waals surface area contributed by atoms with Gasteiger partial charge < -0.3 is 0 Å². The van der Waals surface area contributed by atoms with Crippen molar-refractivity contribution in [2.45, 2.75) is 236 Å². The molecule has 72 heavy (non-hydrogen) atoms. The molecule has 0 aliphatic heterocycles. The van der Waals surface area contributed by atoms with Gasteiger partial charge in [0.05, 0.1) is 52.8 Å². The molecule has 0 aliphatic rings. The van der Waals surface area contributed by atoms with E-state index in [1.165, 1.54) is 0 Å². The van der Waals surface area contributed by atoms with Crippen LogP contribution in [0.5, 0.6) is 0 Å². The molecule has 0 bridgehead atoms. The Balaban J connectivity index is 0.000000432. The van der Waals surface area contributed by atoms with Crippen molar-refractivity contribution in [3.8, 4) is 0 Å². The smallest absolute Gasteiger partial charge is 0.202 e. The van der Waals surface area contributed by atoms with Gasteiger partial charge in [0.2, 0.25) is 24.7 Å². The highest BCUT2D eigenvalue weighted by Crippen LogP contribution is 2.21. The van der Waals surface area contributed by atoms with Crippen molar-refractivity contribution in [2.24, 2.45) is 0 Å². The lowest BCUT2D eigenvalue weighted by Crippen LogP contribution is -2.34. The van der Waals surface area contributed by atoms with Crippen molar-refractivity contribution in [1.82, 2.24) is 88.0 Å². The molecule has 0 saturated carbocycles. The minimum Gasteiger partial charge on any atom is -0.282 e. The summed E-state index contributed by atoms with van der Waals surface area (Å²) in [6, 6.07) is 0. The molecule has 408 valence electrons. The number of aromatic nitrogens is 18. The van der Waals surface area contributed by atoms with Crippen molar-refractivity contribution in [1.29, 1.82) is 0 Å². The van der Waals surface area contributed by atoms with Crippen molar-refractivity contribution in [3.63, 3.8) is 0 Å². The Labute approximate surface area is 442 Å². The first kappa shape index (κ1) is 66.2. The summed E-state index contributed by atoms with van der Waals surface area (Å²) in [4.78, 5) is 0. The number of aryl methyl sites for hydroxylation is 2. The maximum atomic E-state index is 4.52. The van der Waals surface area contributed by atoms with Crippen LogP contribution in [0.15, 0.2) is 37.2 Å². The standard InChI is InChI=1S/2C9H19N3Si.2C8H17N3Si.2C7H15N3Si/c1-9(2,3)8-7-12(11-10-8)13(4,5)6;1-9(2,3)8-7-10-12(11-8)13(4,5)6;1-7(2)8-6-11(10-9-8)12(3,4)5;1-7(2)8-6-9-11(10-8)12(3,4)5;1-5-7-6-10(9-8-7)11(2,3)4;1-5-7-6-8-10(9-7)11(2,3)4/h2*7H,1-6H3;2*6-7H,1-5H3;2*6H,5H2,1-4H3. The fourth-order valence-corrected chi connectivity index (χ4v) is 10.1. The summed E-state index contributed by atoms with van der Waals surface area (Å²) in [5, 5.41) is 50.9. The molecule has 6 heterocycles. The lowest BCUT2D eigenvalue weighted by Gasteiger charge is -2.16. The first-order valence-electron chi connectivity index (χ1n) is 25.9. The SMILES string of the molecule is CC(C)(C)c1cn([Si](C)(C)C)nn1.CC(C)(C)c1cnn([Si](C)(C)C)n1.CC(C)c1cn([Si](C)(C)C)nn1.CC(C)c1cnn([Si](C)(C)C)n1.CCc1cn([Si](C)(C)C)nn1.CCc1cnn([Si](C)(C)C)n1. The summed E-state index contributed by atoms with van der Waals surface area (Å²) in [5.41, 5.74) is 6.75. The van der Waals surface area contributed by atoms with Crippen LogP contribution in [0.1, 0.15) is 129 Å². The monoisotopic (exact) mass is 1100 g/mol. The number of rotatable bonds is 10. The molecule has 6 rings (SSSR count). The van der Waals surface area contributed by atoms with Gasteiger partial charge in [-0.25, -0.2) is 13.4 Å². The molecule has 6 aromatic heterocycles. The zero-order chi connectivity index (χ0) is 56.2. The van der Waals surface area contributed by atoms with E-state index in [1.807, 2.05) is 45.0 Å². The average molecular weight is 1100 g/mol. The van der Waals surface area contributed by atoms with Gasteiger partial charge in [0.15, 0.2) is 24.7 Å². The number of hydrogen-bond donors (Lipinski definition) is 0. The molecule has 0 unspecified atom stereocenters. The Morgan fingerprint density at radius 2 is 0.764 bits per heavy atom. The molecule has 18 nitrogen and oxygen atoms in total. The van der Waals surface area contributed by atoms with Crippen LogP contribution < -0.4 is 0 Å². The first-order chi connectivity index (χ1) is 32.3. The second-order valence-corrected chi connectivity index (χ2v) is 55.7. The van der Waals surface area contributed by atoms with E-state index >= 15 is 0 Å². The van der Waals surface area contributed by atoms with E-state index in [0.717, 1.165) is 47.0 Å². The van der Waals surface area contributed by atoms with Crippen LogP contribution in [0.25, 0.3) is 0 Å². The minimum atomic E-state index is -1.40. The van der Waals surface area contributed by atoms with Crippen molar-refractivity contribution >= 4 is 49.4 Å². The van der Waals surface area contributed by atoms with Gasteiger partial charge in [0.25, 0.3) is 0 Å². The number of hydrogen-bond acceptors (Lipinski definition) is 12. The van der Waals surface area contributed by atoms with Gasteiger partial charge in [0.1, 0.15) is 0 Å². The van der Waals surface area contributed by atoms with Gasteiger partial charge >= 0.3 is 0 Å². The zero-order valence-electron chi connectivity index (χ0n) is 51.1. The van der Waals surface area contributed by atoms with Crippen LogP contribution in [0.3, 0.4) is 0 Å². The summed E-state index contributed by atoms with van der Waals surface area (Å²) in [6.07, 6.45) is 13.8. The molecule has 0 aromatic carbocycles. The molecule has 0 fully saturated rings. The third-order valence-corrected chi connectivity index (χ3v) is 19.4. The highest BCUT2D eigenvalue weighted by molar-refractivity contribution is 6.75. The summed E-state index contributed by atoms with van der Waals surface area (Å²) in [5.74, 6) is 0.963. The minimum absolute atomic E-state index is 0.109. The van der Waals surface area contributed by atoms with Gasteiger partial charge in [0, 0.05) is 29.4 Å². The van der Waals surface area contributed by atoms with Crippen LogP contribution >= 0.6 is 0 Å². The second-order valence-electron chi connectivity index (χ2n) is 27.0.